The Labute approximate surface area is 111 Å². The van der Waals surface area contributed by atoms with E-state index >= 15 is 0 Å². The predicted molar refractivity (Wildman–Crippen MR) is 72.3 cm³/mol. The molecule has 1 nitrogen and oxygen atoms in total. The van der Waals surface area contributed by atoms with Crippen molar-refractivity contribution in [1.82, 2.24) is 0 Å². The third kappa shape index (κ3) is 3.08. The molecule has 94 valence electrons. The van der Waals surface area contributed by atoms with Crippen molar-refractivity contribution in [3.8, 4) is 0 Å². The topological polar surface area (TPSA) is 26.0 Å². The van der Waals surface area contributed by atoms with E-state index in [9.17, 15) is 4.39 Å². The van der Waals surface area contributed by atoms with Gasteiger partial charge < -0.3 is 5.73 Å². The Kier molecular flexibility index (Phi) is 4.57. The Balaban J connectivity index is 2.11. The average Bonchev–Trinajstić information content (AvgIpc) is 2.35. The van der Waals surface area contributed by atoms with Gasteiger partial charge in [-0.3, -0.25) is 0 Å². The van der Waals surface area contributed by atoms with Crippen LogP contribution in [-0.4, -0.2) is 6.54 Å². The van der Waals surface area contributed by atoms with Gasteiger partial charge in [0.15, 0.2) is 0 Å². The van der Waals surface area contributed by atoms with Crippen LogP contribution in [-0.2, 0) is 6.42 Å². The van der Waals surface area contributed by atoms with E-state index in [-0.39, 0.29) is 5.82 Å². The first-order chi connectivity index (χ1) is 8.22. The highest BCUT2D eigenvalue weighted by molar-refractivity contribution is 9.10. The summed E-state index contributed by atoms with van der Waals surface area (Å²) in [5.41, 5.74) is 6.91. The maximum absolute atomic E-state index is 13.4. The van der Waals surface area contributed by atoms with Gasteiger partial charge in [-0.1, -0.05) is 25.0 Å². The lowest BCUT2D eigenvalue weighted by Crippen LogP contribution is -2.28. The molecule has 0 radical (unpaired) electrons. The van der Waals surface area contributed by atoms with Crippen LogP contribution >= 0.6 is 15.9 Å². The second kappa shape index (κ2) is 5.96. The Morgan fingerprint density at radius 2 is 1.94 bits per heavy atom. The highest BCUT2D eigenvalue weighted by Gasteiger charge is 2.24. The van der Waals surface area contributed by atoms with Crippen LogP contribution in [0, 0.1) is 17.7 Å². The summed E-state index contributed by atoms with van der Waals surface area (Å²) in [6, 6.07) is 5.29. The van der Waals surface area contributed by atoms with Gasteiger partial charge in [0.05, 0.1) is 4.47 Å². The molecular weight excluding hydrogens is 281 g/mol. The lowest BCUT2D eigenvalue weighted by atomic mass is 9.76. The van der Waals surface area contributed by atoms with Crippen molar-refractivity contribution in [3.05, 3.63) is 34.1 Å². The van der Waals surface area contributed by atoms with Gasteiger partial charge >= 0.3 is 0 Å². The highest BCUT2D eigenvalue weighted by atomic mass is 79.9. The molecule has 1 aliphatic carbocycles. The van der Waals surface area contributed by atoms with Crippen molar-refractivity contribution in [2.45, 2.75) is 32.1 Å². The molecule has 1 fully saturated rings. The van der Waals surface area contributed by atoms with Gasteiger partial charge in [-0.2, -0.15) is 0 Å². The largest absolute Gasteiger partial charge is 0.330 e. The number of halogens is 2. The molecule has 3 heteroatoms. The first kappa shape index (κ1) is 13.0. The van der Waals surface area contributed by atoms with Crippen molar-refractivity contribution < 1.29 is 4.39 Å². The second-order valence-corrected chi connectivity index (χ2v) is 5.75. The van der Waals surface area contributed by atoms with Crippen LogP contribution in [0.15, 0.2) is 22.7 Å². The molecule has 1 aromatic carbocycles. The summed E-state index contributed by atoms with van der Waals surface area (Å²) in [6.07, 6.45) is 5.98. The van der Waals surface area contributed by atoms with Crippen LogP contribution in [0.4, 0.5) is 4.39 Å². The van der Waals surface area contributed by atoms with Gasteiger partial charge in [0, 0.05) is 0 Å². The molecule has 1 aliphatic rings. The third-order valence-electron chi connectivity index (χ3n) is 3.88. The van der Waals surface area contributed by atoms with E-state index in [1.807, 2.05) is 6.07 Å². The number of rotatable bonds is 3. The Hall–Kier alpha value is -0.410. The molecular formula is C14H19BrFN. The smallest absolute Gasteiger partial charge is 0.137 e. The number of benzene rings is 1. The summed E-state index contributed by atoms with van der Waals surface area (Å²) in [6.45, 7) is 0.762. The van der Waals surface area contributed by atoms with Crippen LogP contribution in [0.25, 0.3) is 0 Å². The molecule has 17 heavy (non-hydrogen) atoms. The van der Waals surface area contributed by atoms with Crippen molar-refractivity contribution in [2.75, 3.05) is 6.54 Å². The summed E-state index contributed by atoms with van der Waals surface area (Å²) in [7, 11) is 0. The van der Waals surface area contributed by atoms with Gasteiger partial charge in [-0.05, 0) is 65.2 Å². The third-order valence-corrected chi connectivity index (χ3v) is 4.77. The molecule has 1 saturated carbocycles. The van der Waals surface area contributed by atoms with Crippen LogP contribution in [0.5, 0.6) is 0 Å². The minimum atomic E-state index is -0.164. The van der Waals surface area contributed by atoms with E-state index in [1.165, 1.54) is 31.7 Å². The summed E-state index contributed by atoms with van der Waals surface area (Å²) >= 11 is 3.34. The molecule has 0 aliphatic heterocycles. The van der Waals surface area contributed by atoms with Crippen LogP contribution in [0.1, 0.15) is 31.2 Å². The Morgan fingerprint density at radius 1 is 1.24 bits per heavy atom. The normalized spacial score (nSPS) is 24.9. The maximum Gasteiger partial charge on any atom is 0.137 e. The molecule has 1 aromatic rings. The van der Waals surface area contributed by atoms with Gasteiger partial charge in [0.2, 0.25) is 0 Å². The van der Waals surface area contributed by atoms with Crippen LogP contribution in [0.3, 0.4) is 0 Å². The average molecular weight is 300 g/mol. The predicted octanol–water partition coefficient (Wildman–Crippen LogP) is 3.90. The van der Waals surface area contributed by atoms with Crippen molar-refractivity contribution >= 4 is 15.9 Å². The SMILES string of the molecule is NCC1CCCCC1Cc1cccc(F)c1Br. The van der Waals surface area contributed by atoms with E-state index in [4.69, 9.17) is 5.73 Å². The zero-order valence-electron chi connectivity index (χ0n) is 9.96. The summed E-state index contributed by atoms with van der Waals surface area (Å²) in [4.78, 5) is 0. The number of hydrogen-bond donors (Lipinski definition) is 1. The molecule has 0 aromatic heterocycles. The minimum Gasteiger partial charge on any atom is -0.330 e. The van der Waals surface area contributed by atoms with Crippen LogP contribution < -0.4 is 5.73 Å². The number of nitrogens with two attached hydrogens (primary N) is 1. The molecule has 0 heterocycles. The number of hydrogen-bond acceptors (Lipinski definition) is 1. The van der Waals surface area contributed by atoms with Crippen molar-refractivity contribution in [1.29, 1.82) is 0 Å². The lowest BCUT2D eigenvalue weighted by molar-refractivity contribution is 0.241. The van der Waals surface area contributed by atoms with Gasteiger partial charge in [0.25, 0.3) is 0 Å². The van der Waals surface area contributed by atoms with Crippen LogP contribution in [0.2, 0.25) is 0 Å². The lowest BCUT2D eigenvalue weighted by Gasteiger charge is -2.31. The zero-order valence-corrected chi connectivity index (χ0v) is 11.5. The first-order valence-corrected chi connectivity index (χ1v) is 7.14. The molecule has 2 atom stereocenters. The van der Waals surface area contributed by atoms with Crippen molar-refractivity contribution in [2.24, 2.45) is 17.6 Å². The quantitative estimate of drug-likeness (QED) is 0.900. The standard InChI is InChI=1S/C14H19BrFN/c15-14-11(6-3-7-13(14)16)8-10-4-1-2-5-12(10)9-17/h3,6-7,10,12H,1-2,4-5,8-9,17H2. The fourth-order valence-corrected chi connectivity index (χ4v) is 3.28. The summed E-state index contributed by atoms with van der Waals surface area (Å²) in [5, 5.41) is 0. The molecule has 0 bridgehead atoms. The molecule has 0 amide bonds. The molecule has 2 rings (SSSR count). The minimum absolute atomic E-state index is 0.164. The molecule has 2 N–H and O–H groups in total. The summed E-state index contributed by atoms with van der Waals surface area (Å²) < 4.78 is 14.1. The maximum atomic E-state index is 13.4. The van der Waals surface area contributed by atoms with Crippen molar-refractivity contribution in [3.63, 3.8) is 0 Å². The molecule has 0 spiro atoms. The van der Waals surface area contributed by atoms with E-state index in [0.29, 0.717) is 16.3 Å². The highest BCUT2D eigenvalue weighted by Crippen LogP contribution is 2.34. The van der Waals surface area contributed by atoms with E-state index in [2.05, 4.69) is 15.9 Å². The molecule has 0 saturated heterocycles. The van der Waals surface area contributed by atoms with Gasteiger partial charge in [-0.25, -0.2) is 4.39 Å². The van der Waals surface area contributed by atoms with E-state index in [1.54, 1.807) is 6.07 Å². The second-order valence-electron chi connectivity index (χ2n) is 4.96. The fourth-order valence-electron chi connectivity index (χ4n) is 2.85. The Morgan fingerprint density at radius 3 is 2.65 bits per heavy atom. The van der Waals surface area contributed by atoms with E-state index < -0.39 is 0 Å². The van der Waals surface area contributed by atoms with Gasteiger partial charge in [-0.15, -0.1) is 0 Å². The van der Waals surface area contributed by atoms with E-state index in [0.717, 1.165) is 18.5 Å². The first-order valence-electron chi connectivity index (χ1n) is 6.35. The Bertz CT molecular complexity index is 380. The monoisotopic (exact) mass is 299 g/mol. The summed E-state index contributed by atoms with van der Waals surface area (Å²) in [5.74, 6) is 1.06. The van der Waals surface area contributed by atoms with Gasteiger partial charge in [0.1, 0.15) is 5.82 Å². The fraction of sp³-hybridized carbons (Fsp3) is 0.571. The zero-order chi connectivity index (χ0) is 12.3. The molecule has 2 unspecified atom stereocenters.